The normalized spacial score (nSPS) is 11.3. The summed E-state index contributed by atoms with van der Waals surface area (Å²) < 4.78 is 29.1. The van der Waals surface area contributed by atoms with Crippen molar-refractivity contribution in [3.63, 3.8) is 0 Å². The van der Waals surface area contributed by atoms with Crippen LogP contribution in [0.5, 0.6) is 0 Å². The molecule has 25 heavy (non-hydrogen) atoms. The highest BCUT2D eigenvalue weighted by Crippen LogP contribution is 2.22. The number of aryl methyl sites for hydroxylation is 1. The zero-order valence-corrected chi connectivity index (χ0v) is 14.4. The van der Waals surface area contributed by atoms with Crippen molar-refractivity contribution in [1.82, 2.24) is 20.2 Å². The molecule has 0 amide bonds. The Hall–Kier alpha value is -3.07. The Balaban J connectivity index is 1.93. The fourth-order valence-corrected chi connectivity index (χ4v) is 3.39. The molecule has 1 aromatic heterocycles. The molecule has 0 atom stereocenters. The van der Waals surface area contributed by atoms with E-state index in [-0.39, 0.29) is 10.7 Å². The van der Waals surface area contributed by atoms with Gasteiger partial charge in [0.05, 0.1) is 4.90 Å². The smallest absolute Gasteiger partial charge is 0.261 e. The van der Waals surface area contributed by atoms with Crippen LogP contribution in [0.25, 0.3) is 11.4 Å². The van der Waals surface area contributed by atoms with E-state index in [2.05, 4.69) is 20.2 Å². The molecule has 0 saturated heterocycles. The lowest BCUT2D eigenvalue weighted by Gasteiger charge is -2.10. The summed E-state index contributed by atoms with van der Waals surface area (Å²) in [6.07, 6.45) is 0. The molecule has 0 aliphatic carbocycles. The van der Waals surface area contributed by atoms with Gasteiger partial charge in [-0.15, -0.1) is 5.10 Å². The Morgan fingerprint density at radius 2 is 1.88 bits per heavy atom. The Kier molecular flexibility index (Phi) is 4.32. The zero-order chi connectivity index (χ0) is 18.0. The summed E-state index contributed by atoms with van der Waals surface area (Å²) in [6.45, 7) is 1.39. The van der Waals surface area contributed by atoms with Gasteiger partial charge in [0.25, 0.3) is 10.0 Å². The summed E-state index contributed by atoms with van der Waals surface area (Å²) in [4.78, 5) is 11.5. The van der Waals surface area contributed by atoms with Crippen LogP contribution >= 0.6 is 0 Å². The number of rotatable bonds is 5. The van der Waals surface area contributed by atoms with E-state index >= 15 is 0 Å². The molecule has 0 fully saturated rings. The van der Waals surface area contributed by atoms with Gasteiger partial charge in [-0.1, -0.05) is 24.3 Å². The predicted octanol–water partition coefficient (Wildman–Crippen LogP) is 1.88. The first-order chi connectivity index (χ1) is 11.9. The Bertz CT molecular complexity index is 1040. The SMILES string of the molecule is CC(=O)c1cccc(S(=O)(=O)Nc2cccc(-c3nnnn3C)c2)c1. The zero-order valence-electron chi connectivity index (χ0n) is 13.5. The highest BCUT2D eigenvalue weighted by atomic mass is 32.2. The predicted molar refractivity (Wildman–Crippen MR) is 91.5 cm³/mol. The third-order valence-electron chi connectivity index (χ3n) is 3.54. The van der Waals surface area contributed by atoms with Crippen molar-refractivity contribution >= 4 is 21.5 Å². The number of hydrogen-bond acceptors (Lipinski definition) is 6. The van der Waals surface area contributed by atoms with Crippen molar-refractivity contribution < 1.29 is 13.2 Å². The number of ketones is 1. The molecule has 3 rings (SSSR count). The number of carbonyl (C=O) groups excluding carboxylic acids is 1. The average molecular weight is 357 g/mol. The summed E-state index contributed by atoms with van der Waals surface area (Å²) in [5.74, 6) is 0.313. The van der Waals surface area contributed by atoms with Crippen molar-refractivity contribution in [2.45, 2.75) is 11.8 Å². The quantitative estimate of drug-likeness (QED) is 0.699. The Labute approximate surface area is 144 Å². The van der Waals surface area contributed by atoms with E-state index in [0.29, 0.717) is 22.6 Å². The van der Waals surface area contributed by atoms with Crippen molar-refractivity contribution in [2.75, 3.05) is 4.72 Å². The first kappa shape index (κ1) is 16.8. The van der Waals surface area contributed by atoms with Crippen LogP contribution in [0.3, 0.4) is 0 Å². The molecule has 9 heteroatoms. The van der Waals surface area contributed by atoms with Crippen molar-refractivity contribution in [3.05, 3.63) is 54.1 Å². The van der Waals surface area contributed by atoms with Gasteiger partial charge >= 0.3 is 0 Å². The first-order valence-corrected chi connectivity index (χ1v) is 8.82. The molecule has 0 saturated carbocycles. The Morgan fingerprint density at radius 3 is 2.56 bits per heavy atom. The van der Waals surface area contributed by atoms with Gasteiger partial charge < -0.3 is 0 Å². The molecule has 3 aromatic rings. The summed E-state index contributed by atoms with van der Waals surface area (Å²) >= 11 is 0. The summed E-state index contributed by atoms with van der Waals surface area (Å²) in [6, 6.07) is 12.6. The number of nitrogens with one attached hydrogen (secondary N) is 1. The molecule has 0 spiro atoms. The van der Waals surface area contributed by atoms with Gasteiger partial charge in [0, 0.05) is 23.9 Å². The number of hydrogen-bond donors (Lipinski definition) is 1. The maximum atomic E-state index is 12.6. The fraction of sp³-hybridized carbons (Fsp3) is 0.125. The summed E-state index contributed by atoms with van der Waals surface area (Å²) in [7, 11) is -2.13. The molecule has 128 valence electrons. The Morgan fingerprint density at radius 1 is 1.12 bits per heavy atom. The molecule has 8 nitrogen and oxygen atoms in total. The largest absolute Gasteiger partial charge is 0.295 e. The minimum absolute atomic E-state index is 0.0194. The van der Waals surface area contributed by atoms with E-state index in [4.69, 9.17) is 0 Å². The monoisotopic (exact) mass is 357 g/mol. The number of sulfonamides is 1. The van der Waals surface area contributed by atoms with Crippen molar-refractivity contribution in [2.24, 2.45) is 7.05 Å². The van der Waals surface area contributed by atoms with Gasteiger partial charge in [0.2, 0.25) is 0 Å². The lowest BCUT2D eigenvalue weighted by molar-refractivity contribution is 0.101. The maximum absolute atomic E-state index is 12.6. The second-order valence-corrected chi connectivity index (χ2v) is 7.08. The molecule has 0 radical (unpaired) electrons. The second-order valence-electron chi connectivity index (χ2n) is 5.40. The number of aromatic nitrogens is 4. The van der Waals surface area contributed by atoms with Crippen LogP contribution in [0.2, 0.25) is 0 Å². The molecular weight excluding hydrogens is 342 g/mol. The van der Waals surface area contributed by atoms with Crippen LogP contribution in [0.1, 0.15) is 17.3 Å². The lowest BCUT2D eigenvalue weighted by Crippen LogP contribution is -2.13. The maximum Gasteiger partial charge on any atom is 0.261 e. The lowest BCUT2D eigenvalue weighted by atomic mass is 10.2. The molecule has 0 aliphatic rings. The highest BCUT2D eigenvalue weighted by molar-refractivity contribution is 7.92. The number of Topliss-reactive ketones (excluding diaryl/α,β-unsaturated/α-hetero) is 1. The van der Waals surface area contributed by atoms with Crippen LogP contribution in [0.4, 0.5) is 5.69 Å². The molecule has 0 unspecified atom stereocenters. The highest BCUT2D eigenvalue weighted by Gasteiger charge is 2.16. The molecule has 1 N–H and O–H groups in total. The van der Waals surface area contributed by atoms with E-state index in [1.54, 1.807) is 37.4 Å². The van der Waals surface area contributed by atoms with Crippen molar-refractivity contribution in [3.8, 4) is 11.4 Å². The molecule has 2 aromatic carbocycles. The van der Waals surface area contributed by atoms with Crippen LogP contribution < -0.4 is 4.72 Å². The van der Waals surface area contributed by atoms with E-state index in [1.165, 1.54) is 29.8 Å². The van der Waals surface area contributed by atoms with Crippen LogP contribution in [0.15, 0.2) is 53.4 Å². The topological polar surface area (TPSA) is 107 Å². The number of anilines is 1. The van der Waals surface area contributed by atoms with Gasteiger partial charge in [0.15, 0.2) is 11.6 Å². The van der Waals surface area contributed by atoms with E-state index in [1.807, 2.05) is 0 Å². The van der Waals surface area contributed by atoms with Gasteiger partial charge in [-0.3, -0.25) is 9.52 Å². The van der Waals surface area contributed by atoms with Crippen molar-refractivity contribution in [1.29, 1.82) is 0 Å². The fourth-order valence-electron chi connectivity index (χ4n) is 2.29. The summed E-state index contributed by atoms with van der Waals surface area (Å²) in [5.41, 5.74) is 1.38. The number of tetrazole rings is 1. The minimum atomic E-state index is -3.83. The number of carbonyl (C=O) groups is 1. The molecular formula is C16H15N5O3S. The van der Waals surface area contributed by atoms with Crippen LogP contribution in [0, 0.1) is 0 Å². The van der Waals surface area contributed by atoms with Crippen LogP contribution in [-0.2, 0) is 17.1 Å². The van der Waals surface area contributed by atoms with Gasteiger partial charge in [-0.25, -0.2) is 13.1 Å². The average Bonchev–Trinajstić information content (AvgIpc) is 3.01. The third kappa shape index (κ3) is 3.56. The van der Waals surface area contributed by atoms with E-state index in [0.717, 1.165) is 0 Å². The molecule has 1 heterocycles. The minimum Gasteiger partial charge on any atom is -0.295 e. The molecule has 0 bridgehead atoms. The third-order valence-corrected chi connectivity index (χ3v) is 4.92. The van der Waals surface area contributed by atoms with Gasteiger partial charge in [-0.05, 0) is 41.6 Å². The van der Waals surface area contributed by atoms with Gasteiger partial charge in [-0.2, -0.15) is 0 Å². The number of nitrogens with zero attached hydrogens (tertiary/aromatic N) is 4. The summed E-state index contributed by atoms with van der Waals surface area (Å²) in [5, 5.41) is 11.2. The van der Waals surface area contributed by atoms with E-state index < -0.39 is 10.0 Å². The second kappa shape index (κ2) is 6.44. The number of benzene rings is 2. The molecule has 0 aliphatic heterocycles. The standard InChI is InChI=1S/C16H15N5O3S/c1-11(22)12-5-4-8-15(10-12)25(23,24)18-14-7-3-6-13(9-14)16-17-19-20-21(16)2/h3-10,18H,1-2H3. The first-order valence-electron chi connectivity index (χ1n) is 7.33. The van der Waals surface area contributed by atoms with E-state index in [9.17, 15) is 13.2 Å². The van der Waals surface area contributed by atoms with Crippen LogP contribution in [-0.4, -0.2) is 34.4 Å². The van der Waals surface area contributed by atoms with Gasteiger partial charge in [0.1, 0.15) is 0 Å².